The summed E-state index contributed by atoms with van der Waals surface area (Å²) < 4.78 is 32.3. The van der Waals surface area contributed by atoms with Gasteiger partial charge in [0.15, 0.2) is 0 Å². The van der Waals surface area contributed by atoms with Gasteiger partial charge in [-0.1, -0.05) is 30.3 Å². The Kier molecular flexibility index (Phi) is 6.48. The van der Waals surface area contributed by atoms with Gasteiger partial charge in [0.1, 0.15) is 5.76 Å². The molecule has 1 aliphatic rings. The van der Waals surface area contributed by atoms with Crippen LogP contribution in [-0.4, -0.2) is 50.3 Å². The molecular formula is C19H27N3O3S. The Morgan fingerprint density at radius 2 is 1.77 bits per heavy atom. The third-order valence-electron chi connectivity index (χ3n) is 4.68. The van der Waals surface area contributed by atoms with Crippen LogP contribution in [0.25, 0.3) is 0 Å². The van der Waals surface area contributed by atoms with Crippen LogP contribution in [-0.2, 0) is 23.0 Å². The topological polar surface area (TPSA) is 79.8 Å². The van der Waals surface area contributed by atoms with E-state index in [9.17, 15) is 8.42 Å². The van der Waals surface area contributed by atoms with Crippen LogP contribution < -0.4 is 5.73 Å². The van der Waals surface area contributed by atoms with Gasteiger partial charge in [-0.15, -0.1) is 0 Å². The lowest BCUT2D eigenvalue weighted by molar-refractivity contribution is 0.243. The van der Waals surface area contributed by atoms with Crippen LogP contribution >= 0.6 is 0 Å². The summed E-state index contributed by atoms with van der Waals surface area (Å²) in [6.07, 6.45) is 2.74. The van der Waals surface area contributed by atoms with Crippen molar-refractivity contribution in [3.05, 3.63) is 53.8 Å². The molecule has 1 aromatic heterocycles. The van der Waals surface area contributed by atoms with E-state index in [1.165, 1.54) is 9.87 Å². The smallest absolute Gasteiger partial charge is 0.276 e. The van der Waals surface area contributed by atoms with E-state index in [0.29, 0.717) is 31.9 Å². The molecule has 26 heavy (non-hydrogen) atoms. The first-order chi connectivity index (χ1) is 12.6. The molecule has 6 nitrogen and oxygen atoms in total. The van der Waals surface area contributed by atoms with Crippen LogP contribution in [0, 0.1) is 0 Å². The van der Waals surface area contributed by atoms with Gasteiger partial charge >= 0.3 is 0 Å². The van der Waals surface area contributed by atoms with Gasteiger partial charge in [0.2, 0.25) is 5.09 Å². The summed E-state index contributed by atoms with van der Waals surface area (Å²) >= 11 is 0. The fourth-order valence-electron chi connectivity index (χ4n) is 3.24. The summed E-state index contributed by atoms with van der Waals surface area (Å²) in [4.78, 5) is 2.19. The number of nitrogens with zero attached hydrogens (tertiary/aromatic N) is 2. The summed E-state index contributed by atoms with van der Waals surface area (Å²) in [5, 5.41) is 0.0464. The van der Waals surface area contributed by atoms with Crippen LogP contribution in [0.4, 0.5) is 0 Å². The Hall–Kier alpha value is -1.67. The fourth-order valence-corrected chi connectivity index (χ4v) is 4.69. The van der Waals surface area contributed by atoms with Crippen molar-refractivity contribution in [3.63, 3.8) is 0 Å². The molecule has 7 heteroatoms. The van der Waals surface area contributed by atoms with E-state index in [4.69, 9.17) is 10.2 Å². The van der Waals surface area contributed by atoms with Crippen LogP contribution in [0.1, 0.15) is 24.2 Å². The largest absolute Gasteiger partial charge is 0.447 e. The lowest BCUT2D eigenvalue weighted by atomic mass is 10.1. The van der Waals surface area contributed by atoms with E-state index in [-0.39, 0.29) is 5.09 Å². The van der Waals surface area contributed by atoms with Crippen molar-refractivity contribution in [3.8, 4) is 0 Å². The average Bonchev–Trinajstić information content (AvgIpc) is 3.33. The van der Waals surface area contributed by atoms with Crippen LogP contribution in [0.3, 0.4) is 0 Å². The molecule has 0 bridgehead atoms. The third-order valence-corrected chi connectivity index (χ3v) is 6.45. The maximum absolute atomic E-state index is 12.6. The summed E-state index contributed by atoms with van der Waals surface area (Å²) in [5.41, 5.74) is 7.00. The highest BCUT2D eigenvalue weighted by Gasteiger charge is 2.30. The first kappa shape index (κ1) is 19.1. The van der Waals surface area contributed by atoms with E-state index in [2.05, 4.69) is 17.0 Å². The molecule has 1 fully saturated rings. The number of nitrogens with two attached hydrogens (primary N) is 1. The van der Waals surface area contributed by atoms with Crippen molar-refractivity contribution in [1.82, 2.24) is 9.21 Å². The van der Waals surface area contributed by atoms with Gasteiger partial charge < -0.3 is 10.2 Å². The molecule has 0 saturated carbocycles. The molecule has 1 aromatic carbocycles. The van der Waals surface area contributed by atoms with Crippen molar-refractivity contribution in [2.75, 3.05) is 32.7 Å². The normalized spacial score (nSPS) is 15.8. The predicted octanol–water partition coefficient (Wildman–Crippen LogP) is 2.07. The molecule has 0 unspecified atom stereocenters. The van der Waals surface area contributed by atoms with Gasteiger partial charge in [-0.05, 0) is 37.0 Å². The summed E-state index contributed by atoms with van der Waals surface area (Å²) in [6.45, 7) is 3.84. The molecule has 1 aliphatic heterocycles. The second-order valence-corrected chi connectivity index (χ2v) is 8.50. The zero-order chi connectivity index (χ0) is 18.4. The number of furan rings is 1. The van der Waals surface area contributed by atoms with Crippen molar-refractivity contribution in [2.24, 2.45) is 5.73 Å². The maximum Gasteiger partial charge on any atom is 0.276 e. The Morgan fingerprint density at radius 3 is 2.46 bits per heavy atom. The van der Waals surface area contributed by atoms with Crippen molar-refractivity contribution in [1.29, 1.82) is 0 Å². The first-order valence-electron chi connectivity index (χ1n) is 9.15. The zero-order valence-corrected chi connectivity index (χ0v) is 15.8. The molecule has 0 amide bonds. The molecule has 3 rings (SSSR count). The van der Waals surface area contributed by atoms with Gasteiger partial charge in [0, 0.05) is 32.7 Å². The highest BCUT2D eigenvalue weighted by molar-refractivity contribution is 7.89. The zero-order valence-electron chi connectivity index (χ0n) is 15.0. The third kappa shape index (κ3) is 4.73. The number of rotatable bonds is 9. The highest BCUT2D eigenvalue weighted by Crippen LogP contribution is 2.23. The molecule has 0 atom stereocenters. The van der Waals surface area contributed by atoms with E-state index < -0.39 is 10.0 Å². The van der Waals surface area contributed by atoms with Gasteiger partial charge in [-0.2, -0.15) is 4.31 Å². The van der Waals surface area contributed by atoms with E-state index >= 15 is 0 Å². The van der Waals surface area contributed by atoms with E-state index in [1.54, 1.807) is 12.1 Å². The standard InChI is InChI=1S/C19H27N3O3S/c20-11-15-21(14-10-17-6-2-1-3-7-17)16-18-8-9-19(25-18)26(23,24)22-12-4-5-13-22/h1-3,6-9H,4-5,10-16,20H2. The van der Waals surface area contributed by atoms with Crippen molar-refractivity contribution in [2.45, 2.75) is 30.9 Å². The van der Waals surface area contributed by atoms with Crippen LogP contribution in [0.2, 0.25) is 0 Å². The molecule has 0 radical (unpaired) electrons. The molecule has 2 aromatic rings. The summed E-state index contributed by atoms with van der Waals surface area (Å²) in [7, 11) is -3.50. The number of benzene rings is 1. The molecular weight excluding hydrogens is 350 g/mol. The number of hydrogen-bond donors (Lipinski definition) is 1. The molecule has 142 valence electrons. The van der Waals surface area contributed by atoms with Crippen molar-refractivity contribution < 1.29 is 12.8 Å². The minimum Gasteiger partial charge on any atom is -0.447 e. The highest BCUT2D eigenvalue weighted by atomic mass is 32.2. The molecule has 0 spiro atoms. The molecule has 1 saturated heterocycles. The van der Waals surface area contributed by atoms with Crippen LogP contribution in [0.15, 0.2) is 52.0 Å². The Morgan fingerprint density at radius 1 is 1.04 bits per heavy atom. The second kappa shape index (κ2) is 8.81. The average molecular weight is 378 g/mol. The molecule has 0 aliphatic carbocycles. The predicted molar refractivity (Wildman–Crippen MR) is 101 cm³/mol. The number of hydrogen-bond acceptors (Lipinski definition) is 5. The Labute approximate surface area is 155 Å². The van der Waals surface area contributed by atoms with Gasteiger partial charge in [-0.25, -0.2) is 8.42 Å². The summed E-state index contributed by atoms with van der Waals surface area (Å²) in [5.74, 6) is 0.657. The minimum absolute atomic E-state index is 0.0464. The SMILES string of the molecule is NCCN(CCc1ccccc1)Cc1ccc(S(=O)(=O)N2CCCC2)o1. The number of sulfonamides is 1. The van der Waals surface area contributed by atoms with E-state index in [1.807, 2.05) is 18.2 Å². The Bertz CT molecular complexity index is 783. The lowest BCUT2D eigenvalue weighted by Gasteiger charge is -2.20. The molecule has 2 N–H and O–H groups in total. The first-order valence-corrected chi connectivity index (χ1v) is 10.6. The van der Waals surface area contributed by atoms with Crippen molar-refractivity contribution >= 4 is 10.0 Å². The summed E-state index contributed by atoms with van der Waals surface area (Å²) in [6, 6.07) is 13.6. The fraction of sp³-hybridized carbons (Fsp3) is 0.474. The lowest BCUT2D eigenvalue weighted by Crippen LogP contribution is -2.31. The van der Waals surface area contributed by atoms with Crippen LogP contribution in [0.5, 0.6) is 0 Å². The van der Waals surface area contributed by atoms with E-state index in [0.717, 1.165) is 32.4 Å². The van der Waals surface area contributed by atoms with Gasteiger partial charge in [0.25, 0.3) is 10.0 Å². The minimum atomic E-state index is -3.50. The maximum atomic E-state index is 12.6. The monoisotopic (exact) mass is 377 g/mol. The molecule has 2 heterocycles. The van der Waals surface area contributed by atoms with Gasteiger partial charge in [0.05, 0.1) is 6.54 Å². The van der Waals surface area contributed by atoms with Gasteiger partial charge in [-0.3, -0.25) is 4.90 Å². The Balaban J connectivity index is 1.63. The quantitative estimate of drug-likeness (QED) is 0.724. The second-order valence-electron chi connectivity index (χ2n) is 6.63.